The topological polar surface area (TPSA) is 103 Å². The summed E-state index contributed by atoms with van der Waals surface area (Å²) in [5.74, 6) is 0.700. The molecule has 0 aliphatic rings. The van der Waals surface area contributed by atoms with Gasteiger partial charge < -0.3 is 19.5 Å². The first-order chi connectivity index (χ1) is 17.2. The molecule has 0 saturated carbocycles. The van der Waals surface area contributed by atoms with E-state index in [1.807, 2.05) is 30.3 Å². The van der Waals surface area contributed by atoms with Gasteiger partial charge in [0.05, 0.1) is 27.4 Å². The second-order valence-electron chi connectivity index (χ2n) is 8.00. The van der Waals surface area contributed by atoms with Gasteiger partial charge in [-0.25, -0.2) is 8.42 Å². The molecule has 0 aliphatic carbocycles. The molecule has 2 atom stereocenters. The monoisotopic (exact) mass is 532 g/mol. The molecule has 36 heavy (non-hydrogen) atoms. The van der Waals surface area contributed by atoms with Crippen LogP contribution in [-0.2, 0) is 21.2 Å². The van der Waals surface area contributed by atoms with Gasteiger partial charge in [0.2, 0.25) is 15.9 Å². The zero-order valence-electron chi connectivity index (χ0n) is 20.4. The molecule has 3 rings (SSSR count). The molecule has 0 spiro atoms. The molecule has 0 bridgehead atoms. The lowest BCUT2D eigenvalue weighted by Gasteiger charge is -2.23. The van der Waals surface area contributed by atoms with Crippen molar-refractivity contribution >= 4 is 27.5 Å². The van der Waals surface area contributed by atoms with Crippen molar-refractivity contribution in [2.75, 3.05) is 21.3 Å². The molecular formula is C26H29ClN2O6S. The predicted octanol–water partition coefficient (Wildman–Crippen LogP) is 4.13. The Morgan fingerprint density at radius 2 is 1.53 bits per heavy atom. The minimum atomic E-state index is -4.17. The predicted molar refractivity (Wildman–Crippen MR) is 138 cm³/mol. The van der Waals surface area contributed by atoms with Crippen molar-refractivity contribution in [1.29, 1.82) is 0 Å². The summed E-state index contributed by atoms with van der Waals surface area (Å²) < 4.78 is 45.0. The highest BCUT2D eigenvalue weighted by molar-refractivity contribution is 7.89. The minimum absolute atomic E-state index is 0.115. The number of halogens is 1. The summed E-state index contributed by atoms with van der Waals surface area (Å²) in [6, 6.07) is 17.2. The smallest absolute Gasteiger partial charge is 0.245 e. The molecule has 1 amide bonds. The third-order valence-electron chi connectivity index (χ3n) is 5.58. The first-order valence-corrected chi connectivity index (χ1v) is 13.0. The van der Waals surface area contributed by atoms with Crippen LogP contribution in [0.25, 0.3) is 0 Å². The van der Waals surface area contributed by atoms with Crippen molar-refractivity contribution < 1.29 is 27.4 Å². The van der Waals surface area contributed by atoms with E-state index in [0.29, 0.717) is 11.5 Å². The Hall–Kier alpha value is -3.27. The number of benzene rings is 3. The first-order valence-electron chi connectivity index (χ1n) is 11.1. The number of ether oxygens (including phenoxy) is 3. The zero-order chi connectivity index (χ0) is 26.3. The molecule has 8 nitrogen and oxygen atoms in total. The normalized spacial score (nSPS) is 12.9. The maximum atomic E-state index is 13.4. The number of methoxy groups -OCH3 is 3. The number of hydrogen-bond acceptors (Lipinski definition) is 6. The number of hydrogen-bond donors (Lipinski definition) is 2. The summed E-state index contributed by atoms with van der Waals surface area (Å²) in [4.78, 5) is 13.2. The lowest BCUT2D eigenvalue weighted by atomic mass is 10.0. The number of carbonyl (C=O) groups excluding carboxylic acids is 1. The molecule has 0 aromatic heterocycles. The quantitative estimate of drug-likeness (QED) is 0.385. The van der Waals surface area contributed by atoms with Crippen molar-refractivity contribution in [3.63, 3.8) is 0 Å². The van der Waals surface area contributed by atoms with Crippen molar-refractivity contribution in [3.05, 3.63) is 82.9 Å². The van der Waals surface area contributed by atoms with Crippen molar-refractivity contribution in [1.82, 2.24) is 10.0 Å². The van der Waals surface area contributed by atoms with Crippen LogP contribution in [0.15, 0.2) is 71.6 Å². The molecule has 3 aromatic carbocycles. The highest BCUT2D eigenvalue weighted by Gasteiger charge is 2.29. The molecule has 3 aromatic rings. The largest absolute Gasteiger partial charge is 0.495 e. The minimum Gasteiger partial charge on any atom is -0.495 e. The van der Waals surface area contributed by atoms with E-state index < -0.39 is 28.0 Å². The molecule has 192 valence electrons. The lowest BCUT2D eigenvalue weighted by molar-refractivity contribution is -0.123. The second-order valence-corrected chi connectivity index (χ2v) is 10.1. The Kier molecular flexibility index (Phi) is 9.19. The van der Waals surface area contributed by atoms with E-state index in [2.05, 4.69) is 10.0 Å². The van der Waals surface area contributed by atoms with Crippen LogP contribution in [0.5, 0.6) is 17.2 Å². The van der Waals surface area contributed by atoms with Crippen LogP contribution in [0.3, 0.4) is 0 Å². The number of nitrogens with one attached hydrogen (secondary N) is 2. The van der Waals surface area contributed by atoms with E-state index in [1.54, 1.807) is 25.1 Å². The summed E-state index contributed by atoms with van der Waals surface area (Å²) in [6.07, 6.45) is 0.132. The second kappa shape index (κ2) is 12.1. The highest BCUT2D eigenvalue weighted by atomic mass is 35.5. The van der Waals surface area contributed by atoms with Crippen molar-refractivity contribution in [3.8, 4) is 17.2 Å². The van der Waals surface area contributed by atoms with Gasteiger partial charge in [0.25, 0.3) is 0 Å². The van der Waals surface area contributed by atoms with Crippen LogP contribution in [0.2, 0.25) is 5.02 Å². The summed E-state index contributed by atoms with van der Waals surface area (Å²) >= 11 is 6.05. The fraction of sp³-hybridized carbons (Fsp3) is 0.269. The SMILES string of the molecule is COc1ccc([C@@H](C)NC(=O)[C@@H](Cc2ccccc2)NS(=O)(=O)c2cc(Cl)ccc2OC)cc1OC. The molecule has 0 aliphatic heterocycles. The van der Waals surface area contributed by atoms with Crippen LogP contribution < -0.4 is 24.2 Å². The molecule has 0 saturated heterocycles. The molecule has 0 fully saturated rings. The third-order valence-corrected chi connectivity index (χ3v) is 7.31. The van der Waals surface area contributed by atoms with Gasteiger partial charge in [0.1, 0.15) is 16.7 Å². The average Bonchev–Trinajstić information content (AvgIpc) is 2.88. The molecule has 2 N–H and O–H groups in total. The molecule has 0 unspecified atom stereocenters. The fourth-order valence-corrected chi connectivity index (χ4v) is 5.30. The van der Waals surface area contributed by atoms with Gasteiger partial charge in [0, 0.05) is 5.02 Å². The summed E-state index contributed by atoms with van der Waals surface area (Å²) in [6.45, 7) is 1.80. The Morgan fingerprint density at radius 3 is 2.17 bits per heavy atom. The van der Waals surface area contributed by atoms with Crippen LogP contribution in [0.1, 0.15) is 24.1 Å². The Bertz CT molecular complexity index is 1300. The number of carbonyl (C=O) groups is 1. The van der Waals surface area contributed by atoms with Gasteiger partial charge >= 0.3 is 0 Å². The fourth-order valence-electron chi connectivity index (χ4n) is 3.67. The van der Waals surface area contributed by atoms with Crippen LogP contribution in [0, 0.1) is 0 Å². The van der Waals surface area contributed by atoms with Gasteiger partial charge in [0.15, 0.2) is 11.5 Å². The Morgan fingerprint density at radius 1 is 0.889 bits per heavy atom. The van der Waals surface area contributed by atoms with Crippen LogP contribution in [-0.4, -0.2) is 41.7 Å². The van der Waals surface area contributed by atoms with Gasteiger partial charge in [-0.05, 0) is 54.8 Å². The number of amides is 1. The third kappa shape index (κ3) is 6.69. The zero-order valence-corrected chi connectivity index (χ0v) is 22.0. The van der Waals surface area contributed by atoms with Crippen LogP contribution >= 0.6 is 11.6 Å². The van der Waals surface area contributed by atoms with E-state index in [4.69, 9.17) is 25.8 Å². The molecule has 0 radical (unpaired) electrons. The van der Waals surface area contributed by atoms with E-state index in [9.17, 15) is 13.2 Å². The van der Waals surface area contributed by atoms with E-state index in [0.717, 1.165) is 11.1 Å². The number of rotatable bonds is 11. The molecule has 10 heteroatoms. The average molecular weight is 533 g/mol. The lowest BCUT2D eigenvalue weighted by Crippen LogP contribution is -2.48. The van der Waals surface area contributed by atoms with E-state index in [-0.39, 0.29) is 22.1 Å². The summed E-state index contributed by atoms with van der Waals surface area (Å²) in [7, 11) is 0.263. The first kappa shape index (κ1) is 27.3. The van der Waals surface area contributed by atoms with Gasteiger partial charge in [-0.2, -0.15) is 4.72 Å². The Balaban J connectivity index is 1.89. The van der Waals surface area contributed by atoms with Gasteiger partial charge in [-0.15, -0.1) is 0 Å². The summed E-state index contributed by atoms with van der Waals surface area (Å²) in [5.41, 5.74) is 1.55. The van der Waals surface area contributed by atoms with Gasteiger partial charge in [-0.3, -0.25) is 4.79 Å². The molecular weight excluding hydrogens is 504 g/mol. The molecule has 0 heterocycles. The maximum absolute atomic E-state index is 13.4. The summed E-state index contributed by atoms with van der Waals surface area (Å²) in [5, 5.41) is 3.12. The number of sulfonamides is 1. The maximum Gasteiger partial charge on any atom is 0.245 e. The standard InChI is InChI=1S/C26H29ClN2O6S/c1-17(19-10-12-22(33-2)24(15-19)35-4)28-26(30)21(14-18-8-6-5-7-9-18)29-36(31,32)25-16-20(27)11-13-23(25)34-3/h5-13,15-17,21,29H,14H2,1-4H3,(H,28,30)/t17-,21-/m1/s1. The van der Waals surface area contributed by atoms with E-state index in [1.165, 1.54) is 39.5 Å². The highest BCUT2D eigenvalue weighted by Crippen LogP contribution is 2.30. The van der Waals surface area contributed by atoms with Gasteiger partial charge in [-0.1, -0.05) is 48.0 Å². The van der Waals surface area contributed by atoms with E-state index >= 15 is 0 Å². The van der Waals surface area contributed by atoms with Crippen molar-refractivity contribution in [2.45, 2.75) is 30.3 Å². The van der Waals surface area contributed by atoms with Crippen LogP contribution in [0.4, 0.5) is 0 Å². The van der Waals surface area contributed by atoms with Crippen molar-refractivity contribution in [2.24, 2.45) is 0 Å². The Labute approximate surface area is 216 Å².